The topological polar surface area (TPSA) is 47.0 Å². The Hall–Kier alpha value is -1.78. The monoisotopic (exact) mass is 255 g/mol. The van der Waals surface area contributed by atoms with Crippen molar-refractivity contribution in [3.8, 4) is 11.1 Å². The van der Waals surface area contributed by atoms with Crippen molar-refractivity contribution in [2.75, 3.05) is 20.2 Å². The van der Waals surface area contributed by atoms with Gasteiger partial charge in [-0.05, 0) is 30.2 Å². The van der Waals surface area contributed by atoms with Gasteiger partial charge in [0.05, 0.1) is 12.7 Å². The smallest absolute Gasteiger partial charge is 0.115 e. The zero-order valence-corrected chi connectivity index (χ0v) is 11.0. The molecule has 2 aromatic rings. The molecule has 0 saturated carbocycles. The maximum atomic E-state index is 5.84. The first-order chi connectivity index (χ1) is 9.40. The molecule has 1 aromatic carbocycles. The fourth-order valence-electron chi connectivity index (χ4n) is 2.64. The van der Waals surface area contributed by atoms with E-state index in [1.54, 1.807) is 6.33 Å². The fourth-order valence-corrected chi connectivity index (χ4v) is 2.64. The molecule has 0 aliphatic carbocycles. The van der Waals surface area contributed by atoms with Crippen LogP contribution in [0.15, 0.2) is 36.9 Å². The molecule has 19 heavy (non-hydrogen) atoms. The summed E-state index contributed by atoms with van der Waals surface area (Å²) in [6.45, 7) is 1.60. The van der Waals surface area contributed by atoms with E-state index < -0.39 is 0 Å². The Bertz CT molecular complexity index is 557. The van der Waals surface area contributed by atoms with Crippen molar-refractivity contribution in [2.45, 2.75) is 12.5 Å². The SMILES string of the molecule is CNC[C@@H]1OCCc2c(-c3cncnc3)cccc21. The minimum atomic E-state index is 0.137. The molecule has 1 aliphatic heterocycles. The fraction of sp³-hybridized carbons (Fsp3) is 0.333. The molecule has 4 nitrogen and oxygen atoms in total. The highest BCUT2D eigenvalue weighted by atomic mass is 16.5. The summed E-state index contributed by atoms with van der Waals surface area (Å²) in [5.41, 5.74) is 4.94. The number of rotatable bonds is 3. The maximum absolute atomic E-state index is 5.84. The number of hydrogen-bond donors (Lipinski definition) is 1. The molecule has 0 radical (unpaired) electrons. The lowest BCUT2D eigenvalue weighted by Crippen LogP contribution is -2.25. The highest BCUT2D eigenvalue weighted by Gasteiger charge is 2.22. The number of benzene rings is 1. The normalized spacial score (nSPS) is 18.1. The zero-order valence-electron chi connectivity index (χ0n) is 11.0. The molecule has 0 fully saturated rings. The highest BCUT2D eigenvalue weighted by molar-refractivity contribution is 5.68. The minimum absolute atomic E-state index is 0.137. The van der Waals surface area contributed by atoms with Gasteiger partial charge in [-0.2, -0.15) is 0 Å². The van der Waals surface area contributed by atoms with Gasteiger partial charge in [-0.15, -0.1) is 0 Å². The van der Waals surface area contributed by atoms with E-state index >= 15 is 0 Å². The Balaban J connectivity index is 2.06. The lowest BCUT2D eigenvalue weighted by molar-refractivity contribution is 0.0440. The number of aromatic nitrogens is 2. The van der Waals surface area contributed by atoms with E-state index in [0.29, 0.717) is 0 Å². The molecule has 0 spiro atoms. The van der Waals surface area contributed by atoms with Crippen LogP contribution in [0.1, 0.15) is 17.2 Å². The Morgan fingerprint density at radius 3 is 2.95 bits per heavy atom. The predicted molar refractivity (Wildman–Crippen MR) is 73.8 cm³/mol. The third kappa shape index (κ3) is 2.37. The van der Waals surface area contributed by atoms with Crippen LogP contribution in [0.2, 0.25) is 0 Å². The van der Waals surface area contributed by atoms with E-state index in [2.05, 4.69) is 33.5 Å². The summed E-state index contributed by atoms with van der Waals surface area (Å²) in [6, 6.07) is 6.38. The third-order valence-electron chi connectivity index (χ3n) is 3.49. The van der Waals surface area contributed by atoms with E-state index in [9.17, 15) is 0 Å². The molecular formula is C15H17N3O. The second-order valence-electron chi connectivity index (χ2n) is 4.67. The first-order valence-electron chi connectivity index (χ1n) is 6.53. The van der Waals surface area contributed by atoms with Gasteiger partial charge in [0.25, 0.3) is 0 Å². The number of nitrogens with zero attached hydrogens (tertiary/aromatic N) is 2. The van der Waals surface area contributed by atoms with E-state index in [4.69, 9.17) is 4.74 Å². The second-order valence-corrected chi connectivity index (χ2v) is 4.67. The lowest BCUT2D eigenvalue weighted by Gasteiger charge is -2.27. The maximum Gasteiger partial charge on any atom is 0.115 e. The van der Waals surface area contributed by atoms with Gasteiger partial charge in [-0.1, -0.05) is 18.2 Å². The van der Waals surface area contributed by atoms with E-state index in [0.717, 1.165) is 25.1 Å². The van der Waals surface area contributed by atoms with Gasteiger partial charge in [0.1, 0.15) is 6.33 Å². The van der Waals surface area contributed by atoms with Crippen LogP contribution in [-0.4, -0.2) is 30.2 Å². The van der Waals surface area contributed by atoms with Crippen molar-refractivity contribution in [3.05, 3.63) is 48.0 Å². The van der Waals surface area contributed by atoms with Crippen molar-refractivity contribution >= 4 is 0 Å². The lowest BCUT2D eigenvalue weighted by atomic mass is 9.90. The molecule has 98 valence electrons. The average molecular weight is 255 g/mol. The second kappa shape index (κ2) is 5.47. The molecule has 1 atom stereocenters. The van der Waals surface area contributed by atoms with Crippen LogP contribution in [-0.2, 0) is 11.2 Å². The number of hydrogen-bond acceptors (Lipinski definition) is 4. The van der Waals surface area contributed by atoms with Gasteiger partial charge >= 0.3 is 0 Å². The molecule has 1 N–H and O–H groups in total. The first-order valence-corrected chi connectivity index (χ1v) is 6.53. The van der Waals surface area contributed by atoms with Gasteiger partial charge in [-0.3, -0.25) is 0 Å². The summed E-state index contributed by atoms with van der Waals surface area (Å²) >= 11 is 0. The largest absolute Gasteiger partial charge is 0.372 e. The molecule has 1 aliphatic rings. The highest BCUT2D eigenvalue weighted by Crippen LogP contribution is 2.33. The van der Waals surface area contributed by atoms with Gasteiger partial charge in [0.15, 0.2) is 0 Å². The van der Waals surface area contributed by atoms with Crippen LogP contribution in [0.25, 0.3) is 11.1 Å². The zero-order chi connectivity index (χ0) is 13.1. The number of nitrogens with one attached hydrogen (secondary N) is 1. The van der Waals surface area contributed by atoms with Crippen LogP contribution < -0.4 is 5.32 Å². The van der Waals surface area contributed by atoms with Crippen LogP contribution >= 0.6 is 0 Å². The minimum Gasteiger partial charge on any atom is -0.372 e. The van der Waals surface area contributed by atoms with Crippen molar-refractivity contribution in [2.24, 2.45) is 0 Å². The number of fused-ring (bicyclic) bond motifs is 1. The summed E-state index contributed by atoms with van der Waals surface area (Å²) in [6.07, 6.45) is 6.38. The van der Waals surface area contributed by atoms with Crippen molar-refractivity contribution in [1.29, 1.82) is 0 Å². The Morgan fingerprint density at radius 1 is 1.32 bits per heavy atom. The summed E-state index contributed by atoms with van der Waals surface area (Å²) < 4.78 is 5.84. The van der Waals surface area contributed by atoms with Crippen LogP contribution in [0.4, 0.5) is 0 Å². The van der Waals surface area contributed by atoms with E-state index in [1.807, 2.05) is 19.4 Å². The van der Waals surface area contributed by atoms with Gasteiger partial charge in [-0.25, -0.2) is 9.97 Å². The van der Waals surface area contributed by atoms with E-state index in [-0.39, 0.29) is 6.10 Å². The standard InChI is InChI=1S/C15H17N3O/c1-16-9-15-14-4-2-3-12(13(14)5-6-19-15)11-7-17-10-18-8-11/h2-4,7-8,10,15-16H,5-6,9H2,1H3/t15-/m0/s1. The number of likely N-dealkylation sites (N-methyl/N-ethyl adjacent to an activating group) is 1. The number of ether oxygens (including phenoxy) is 1. The summed E-state index contributed by atoms with van der Waals surface area (Å²) in [5, 5.41) is 3.19. The molecular weight excluding hydrogens is 238 g/mol. The summed E-state index contributed by atoms with van der Waals surface area (Å²) in [7, 11) is 1.95. The van der Waals surface area contributed by atoms with Crippen LogP contribution in [0.3, 0.4) is 0 Å². The van der Waals surface area contributed by atoms with Crippen LogP contribution in [0, 0.1) is 0 Å². The molecule has 3 rings (SSSR count). The Morgan fingerprint density at radius 2 is 2.16 bits per heavy atom. The Labute approximate surface area is 112 Å². The molecule has 0 saturated heterocycles. The molecule has 0 bridgehead atoms. The molecule has 0 amide bonds. The van der Waals surface area contributed by atoms with Gasteiger partial charge in [0, 0.05) is 24.5 Å². The third-order valence-corrected chi connectivity index (χ3v) is 3.49. The molecule has 2 heterocycles. The van der Waals surface area contributed by atoms with Crippen molar-refractivity contribution in [3.63, 3.8) is 0 Å². The van der Waals surface area contributed by atoms with Gasteiger partial charge < -0.3 is 10.1 Å². The quantitative estimate of drug-likeness (QED) is 0.911. The summed E-state index contributed by atoms with van der Waals surface area (Å²) in [5.74, 6) is 0. The first kappa shape index (κ1) is 12.3. The van der Waals surface area contributed by atoms with Gasteiger partial charge in [0.2, 0.25) is 0 Å². The molecule has 4 heteroatoms. The van der Waals surface area contributed by atoms with Crippen molar-refractivity contribution < 1.29 is 4.74 Å². The molecule has 1 aromatic heterocycles. The summed E-state index contributed by atoms with van der Waals surface area (Å²) in [4.78, 5) is 8.22. The van der Waals surface area contributed by atoms with Crippen LogP contribution in [0.5, 0.6) is 0 Å². The average Bonchev–Trinajstić information content (AvgIpc) is 2.48. The molecule has 0 unspecified atom stereocenters. The predicted octanol–water partition coefficient (Wildman–Crippen LogP) is 1.98. The van der Waals surface area contributed by atoms with E-state index in [1.165, 1.54) is 16.7 Å². The van der Waals surface area contributed by atoms with Crippen molar-refractivity contribution in [1.82, 2.24) is 15.3 Å². The Kier molecular flexibility index (Phi) is 3.53.